The summed E-state index contributed by atoms with van der Waals surface area (Å²) in [6.45, 7) is 5.52. The van der Waals surface area contributed by atoms with E-state index in [0.717, 1.165) is 11.1 Å². The molecule has 214 valence electrons. The number of nitrogens with one attached hydrogen (secondary N) is 3. The molecule has 0 fully saturated rings. The second-order valence-electron chi connectivity index (χ2n) is 10.9. The molecule has 0 aliphatic rings. The molecule has 0 radical (unpaired) electrons. The number of alkyl carbamates (subject to hydrolysis) is 1. The zero-order valence-electron chi connectivity index (χ0n) is 23.4. The number of hydrogen-bond acceptors (Lipinski definition) is 6. The number of benzene rings is 2. The van der Waals surface area contributed by atoms with Crippen molar-refractivity contribution in [1.29, 1.82) is 0 Å². The van der Waals surface area contributed by atoms with Gasteiger partial charge in [-0.25, -0.2) is 4.79 Å². The Bertz CT molecular complexity index is 1210. The summed E-state index contributed by atoms with van der Waals surface area (Å²) in [6, 6.07) is 20.9. The fourth-order valence-corrected chi connectivity index (χ4v) is 5.11. The highest BCUT2D eigenvalue weighted by atomic mass is 32.1. The van der Waals surface area contributed by atoms with Crippen LogP contribution in [-0.2, 0) is 22.4 Å². The third-order valence-corrected chi connectivity index (χ3v) is 7.47. The number of aliphatic hydroxyl groups excluding tert-OH is 1. The van der Waals surface area contributed by atoms with Crippen molar-refractivity contribution < 1.29 is 24.2 Å². The number of ether oxygens (including phenoxy) is 1. The lowest BCUT2D eigenvalue weighted by atomic mass is 9.85. The molecule has 4 N–H and O–H groups in total. The molecular weight excluding hydrogens is 526 g/mol. The lowest BCUT2D eigenvalue weighted by molar-refractivity contribution is -0.127. The van der Waals surface area contributed by atoms with Crippen LogP contribution in [0, 0.1) is 5.41 Å². The van der Waals surface area contributed by atoms with Gasteiger partial charge < -0.3 is 25.8 Å². The summed E-state index contributed by atoms with van der Waals surface area (Å²) in [5.41, 5.74) is 1.33. The molecule has 0 spiro atoms. The molecule has 0 aliphatic carbocycles. The second-order valence-corrected chi connectivity index (χ2v) is 11.8. The fourth-order valence-electron chi connectivity index (χ4n) is 4.48. The van der Waals surface area contributed by atoms with Gasteiger partial charge in [0.15, 0.2) is 0 Å². The number of aliphatic hydroxyl groups is 1. The van der Waals surface area contributed by atoms with Crippen molar-refractivity contribution in [1.82, 2.24) is 16.0 Å². The molecule has 1 aromatic heterocycles. The van der Waals surface area contributed by atoms with Crippen molar-refractivity contribution in [3.05, 3.63) is 94.2 Å². The van der Waals surface area contributed by atoms with Crippen molar-refractivity contribution in [2.75, 3.05) is 7.11 Å². The van der Waals surface area contributed by atoms with Crippen LogP contribution >= 0.6 is 11.3 Å². The van der Waals surface area contributed by atoms with Crippen LogP contribution in [0.15, 0.2) is 78.2 Å². The maximum absolute atomic E-state index is 13.5. The summed E-state index contributed by atoms with van der Waals surface area (Å²) in [5.74, 6) is -0.637. The first-order valence-corrected chi connectivity index (χ1v) is 14.2. The van der Waals surface area contributed by atoms with Crippen LogP contribution in [0.1, 0.15) is 48.0 Å². The van der Waals surface area contributed by atoms with E-state index in [2.05, 4.69) is 16.0 Å². The summed E-state index contributed by atoms with van der Waals surface area (Å²) in [5, 5.41) is 22.1. The van der Waals surface area contributed by atoms with Crippen molar-refractivity contribution in [2.24, 2.45) is 5.41 Å². The van der Waals surface area contributed by atoms with Crippen molar-refractivity contribution >= 4 is 29.2 Å². The van der Waals surface area contributed by atoms with E-state index in [-0.39, 0.29) is 12.3 Å². The topological polar surface area (TPSA) is 117 Å². The Morgan fingerprint density at radius 2 is 1.45 bits per heavy atom. The molecule has 8 nitrogen and oxygen atoms in total. The van der Waals surface area contributed by atoms with Crippen LogP contribution < -0.4 is 16.0 Å². The van der Waals surface area contributed by atoms with Gasteiger partial charge in [-0.1, -0.05) is 87.5 Å². The van der Waals surface area contributed by atoms with Gasteiger partial charge in [-0.05, 0) is 47.3 Å². The third kappa shape index (κ3) is 9.50. The van der Waals surface area contributed by atoms with E-state index in [0.29, 0.717) is 17.7 Å². The number of rotatable bonds is 12. The van der Waals surface area contributed by atoms with Gasteiger partial charge in [0.25, 0.3) is 5.91 Å². The Morgan fingerprint density at radius 1 is 0.850 bits per heavy atom. The average molecular weight is 566 g/mol. The highest BCUT2D eigenvalue weighted by Gasteiger charge is 2.36. The lowest BCUT2D eigenvalue weighted by Crippen LogP contribution is -2.58. The first kappa shape index (κ1) is 30.8. The Labute approximate surface area is 240 Å². The molecule has 0 bridgehead atoms. The molecule has 2 aromatic carbocycles. The van der Waals surface area contributed by atoms with Gasteiger partial charge in [-0.2, -0.15) is 0 Å². The Kier molecular flexibility index (Phi) is 11.3. The molecule has 0 saturated carbocycles. The van der Waals surface area contributed by atoms with Crippen LogP contribution in [0.3, 0.4) is 0 Å². The number of carbonyl (C=O) groups is 3. The molecular formula is C31H39N3O5S. The standard InChI is InChI=1S/C31H39N3O5S/c1-31(2,3)27(34-30(38)39-4)29(37)33-24(19-22-14-9-6-10-15-22)25(35)20-23(18-21-12-7-5-8-13-21)32-28(36)26-16-11-17-40-26/h5-17,23-25,27,35H,18-20H2,1-4H3,(H,32,36)(H,33,37)(H,34,38)/t23-,24-,25-,27+/m0/s1. The first-order chi connectivity index (χ1) is 19.1. The molecule has 3 aromatic rings. The summed E-state index contributed by atoms with van der Waals surface area (Å²) < 4.78 is 4.73. The zero-order chi connectivity index (χ0) is 29.1. The number of hydrogen-bond donors (Lipinski definition) is 4. The van der Waals surface area contributed by atoms with E-state index in [1.807, 2.05) is 92.9 Å². The van der Waals surface area contributed by atoms with Gasteiger partial charge in [-0.3, -0.25) is 9.59 Å². The Balaban J connectivity index is 1.84. The van der Waals surface area contributed by atoms with Crippen LogP contribution in [-0.4, -0.2) is 54.4 Å². The molecule has 3 amide bonds. The van der Waals surface area contributed by atoms with Gasteiger partial charge in [0.05, 0.1) is 24.1 Å². The third-order valence-electron chi connectivity index (χ3n) is 6.60. The number of carbonyl (C=O) groups excluding carboxylic acids is 3. The van der Waals surface area contributed by atoms with Gasteiger partial charge in [0, 0.05) is 6.04 Å². The largest absolute Gasteiger partial charge is 0.453 e. The molecule has 0 aliphatic heterocycles. The SMILES string of the molecule is COC(=O)N[C@H](C(=O)N[C@@H](Cc1ccccc1)[C@@H](O)C[C@H](Cc1ccccc1)NC(=O)c1cccs1)C(C)(C)C. The maximum Gasteiger partial charge on any atom is 0.407 e. The van der Waals surface area contributed by atoms with E-state index < -0.39 is 41.6 Å². The number of thiophene rings is 1. The van der Waals surface area contributed by atoms with E-state index >= 15 is 0 Å². The van der Waals surface area contributed by atoms with Crippen molar-refractivity contribution in [3.8, 4) is 0 Å². The van der Waals surface area contributed by atoms with E-state index in [4.69, 9.17) is 4.74 Å². The monoisotopic (exact) mass is 565 g/mol. The Hall–Kier alpha value is -3.69. The molecule has 9 heteroatoms. The molecule has 4 atom stereocenters. The molecule has 3 rings (SSSR count). The smallest absolute Gasteiger partial charge is 0.407 e. The van der Waals surface area contributed by atoms with Gasteiger partial charge >= 0.3 is 6.09 Å². The first-order valence-electron chi connectivity index (χ1n) is 13.3. The quantitative estimate of drug-likeness (QED) is 0.261. The van der Waals surface area contributed by atoms with E-state index in [1.54, 1.807) is 6.07 Å². The van der Waals surface area contributed by atoms with Crippen LogP contribution in [0.4, 0.5) is 4.79 Å². The summed E-state index contributed by atoms with van der Waals surface area (Å²) >= 11 is 1.35. The molecule has 0 saturated heterocycles. The molecule has 1 heterocycles. The second kappa shape index (κ2) is 14.6. The lowest BCUT2D eigenvalue weighted by Gasteiger charge is -2.33. The number of amides is 3. The van der Waals surface area contributed by atoms with E-state index in [9.17, 15) is 19.5 Å². The zero-order valence-corrected chi connectivity index (χ0v) is 24.2. The number of methoxy groups -OCH3 is 1. The molecule has 40 heavy (non-hydrogen) atoms. The predicted octanol–water partition coefficient (Wildman–Crippen LogP) is 4.34. The average Bonchev–Trinajstić information content (AvgIpc) is 3.47. The minimum absolute atomic E-state index is 0.203. The maximum atomic E-state index is 13.5. The van der Waals surface area contributed by atoms with Gasteiger partial charge in [0.2, 0.25) is 5.91 Å². The summed E-state index contributed by atoms with van der Waals surface area (Å²) in [6.07, 6.45) is -0.640. The van der Waals surface area contributed by atoms with Gasteiger partial charge in [-0.15, -0.1) is 11.3 Å². The van der Waals surface area contributed by atoms with Gasteiger partial charge in [0.1, 0.15) is 6.04 Å². The highest BCUT2D eigenvalue weighted by molar-refractivity contribution is 7.12. The predicted molar refractivity (Wildman–Crippen MR) is 157 cm³/mol. The summed E-state index contributed by atoms with van der Waals surface area (Å²) in [4.78, 5) is 39.0. The molecule has 0 unspecified atom stereocenters. The van der Waals surface area contributed by atoms with E-state index in [1.165, 1.54) is 18.4 Å². The normalized spacial score (nSPS) is 14.3. The Morgan fingerprint density at radius 3 is 1.98 bits per heavy atom. The fraction of sp³-hybridized carbons (Fsp3) is 0.387. The van der Waals surface area contributed by atoms with Crippen molar-refractivity contribution in [2.45, 2.75) is 64.3 Å². The van der Waals surface area contributed by atoms with Crippen molar-refractivity contribution in [3.63, 3.8) is 0 Å². The minimum Gasteiger partial charge on any atom is -0.453 e. The van der Waals surface area contributed by atoms with Crippen LogP contribution in [0.2, 0.25) is 0 Å². The summed E-state index contributed by atoms with van der Waals surface area (Å²) in [7, 11) is 1.24. The highest BCUT2D eigenvalue weighted by Crippen LogP contribution is 2.21. The minimum atomic E-state index is -1.000. The van der Waals surface area contributed by atoms with Crippen LogP contribution in [0.25, 0.3) is 0 Å². The van der Waals surface area contributed by atoms with Crippen LogP contribution in [0.5, 0.6) is 0 Å².